The van der Waals surface area contributed by atoms with E-state index in [2.05, 4.69) is 10.5 Å². The zero-order valence-corrected chi connectivity index (χ0v) is 11.1. The van der Waals surface area contributed by atoms with Crippen LogP contribution < -0.4 is 11.3 Å². The van der Waals surface area contributed by atoms with Crippen molar-refractivity contribution in [1.82, 2.24) is 15.2 Å². The van der Waals surface area contributed by atoms with Gasteiger partial charge in [-0.2, -0.15) is 5.10 Å². The van der Waals surface area contributed by atoms with Gasteiger partial charge in [-0.3, -0.25) is 14.9 Å². The number of carbonyl (C=O) groups excluding carboxylic acids is 1. The van der Waals surface area contributed by atoms with Gasteiger partial charge in [-0.25, -0.2) is 5.84 Å². The van der Waals surface area contributed by atoms with Gasteiger partial charge in [0.2, 0.25) is 5.91 Å². The summed E-state index contributed by atoms with van der Waals surface area (Å²) in [6, 6.07) is 10.00. The quantitative estimate of drug-likeness (QED) is 0.496. The molecule has 0 spiro atoms. The van der Waals surface area contributed by atoms with Gasteiger partial charge in [-0.1, -0.05) is 30.3 Å². The van der Waals surface area contributed by atoms with Gasteiger partial charge in [0.1, 0.15) is 0 Å². The van der Waals surface area contributed by atoms with E-state index in [-0.39, 0.29) is 5.91 Å². The Balaban J connectivity index is 2.16. The summed E-state index contributed by atoms with van der Waals surface area (Å²) in [5, 5.41) is 4.29. The Morgan fingerprint density at radius 2 is 2.00 bits per heavy atom. The molecule has 0 atom stereocenters. The van der Waals surface area contributed by atoms with Crippen LogP contribution in [0.5, 0.6) is 0 Å². The number of nitrogens with two attached hydrogens (primary N) is 1. The van der Waals surface area contributed by atoms with Crippen molar-refractivity contribution in [3.8, 4) is 11.1 Å². The van der Waals surface area contributed by atoms with Crippen LogP contribution in [0.1, 0.15) is 13.8 Å². The fourth-order valence-corrected chi connectivity index (χ4v) is 1.90. The van der Waals surface area contributed by atoms with E-state index in [0.717, 1.165) is 11.1 Å². The largest absolute Gasteiger partial charge is 0.294 e. The lowest BCUT2D eigenvalue weighted by Gasteiger charge is -2.21. The number of hydrogen-bond acceptors (Lipinski definition) is 3. The Bertz CT molecular complexity index is 560. The van der Waals surface area contributed by atoms with E-state index in [1.165, 1.54) is 0 Å². The van der Waals surface area contributed by atoms with Crippen molar-refractivity contribution >= 4 is 5.91 Å². The zero-order valence-electron chi connectivity index (χ0n) is 11.1. The molecule has 100 valence electrons. The second kappa shape index (κ2) is 5.24. The predicted octanol–water partition coefficient (Wildman–Crippen LogP) is 1.57. The first-order chi connectivity index (χ1) is 9.03. The highest BCUT2D eigenvalue weighted by atomic mass is 16.2. The third kappa shape index (κ3) is 3.00. The molecule has 0 unspecified atom stereocenters. The summed E-state index contributed by atoms with van der Waals surface area (Å²) >= 11 is 0. The Morgan fingerprint density at radius 1 is 1.32 bits per heavy atom. The minimum atomic E-state index is -0.602. The van der Waals surface area contributed by atoms with Crippen LogP contribution in [-0.4, -0.2) is 15.7 Å². The molecule has 0 aliphatic carbocycles. The topological polar surface area (TPSA) is 72.9 Å². The summed E-state index contributed by atoms with van der Waals surface area (Å²) < 4.78 is 1.76. The fraction of sp³-hybridized carbons (Fsp3) is 0.286. The lowest BCUT2D eigenvalue weighted by atomic mass is 9.93. The van der Waals surface area contributed by atoms with E-state index in [4.69, 9.17) is 5.84 Å². The maximum atomic E-state index is 11.6. The molecule has 0 fully saturated rings. The van der Waals surface area contributed by atoms with Gasteiger partial charge < -0.3 is 0 Å². The van der Waals surface area contributed by atoms with Crippen LogP contribution in [0.25, 0.3) is 11.1 Å². The monoisotopic (exact) mass is 258 g/mol. The number of nitrogens with one attached hydrogen (secondary N) is 1. The van der Waals surface area contributed by atoms with Crippen LogP contribution in [0, 0.1) is 5.41 Å². The van der Waals surface area contributed by atoms with Crippen molar-refractivity contribution < 1.29 is 4.79 Å². The zero-order chi connectivity index (χ0) is 13.9. The SMILES string of the molecule is CC(C)(Cn1cc(-c2ccccc2)cn1)C(=O)NN. The highest BCUT2D eigenvalue weighted by Crippen LogP contribution is 2.21. The standard InChI is InChI=1S/C14H18N4O/c1-14(2,13(19)17-15)10-18-9-12(8-16-18)11-6-4-3-5-7-11/h3-9H,10,15H2,1-2H3,(H,17,19). The molecule has 0 saturated carbocycles. The predicted molar refractivity (Wildman–Crippen MR) is 73.8 cm³/mol. The van der Waals surface area contributed by atoms with Crippen molar-refractivity contribution in [2.24, 2.45) is 11.3 Å². The summed E-state index contributed by atoms with van der Waals surface area (Å²) in [6.07, 6.45) is 3.73. The molecule has 1 heterocycles. The molecule has 0 radical (unpaired) electrons. The van der Waals surface area contributed by atoms with Crippen molar-refractivity contribution in [2.75, 3.05) is 0 Å². The second-order valence-corrected chi connectivity index (χ2v) is 5.15. The molecule has 5 heteroatoms. The summed E-state index contributed by atoms with van der Waals surface area (Å²) in [6.45, 7) is 4.14. The van der Waals surface area contributed by atoms with E-state index in [0.29, 0.717) is 6.54 Å². The molecule has 0 aliphatic heterocycles. The minimum absolute atomic E-state index is 0.204. The average Bonchev–Trinajstić information content (AvgIpc) is 2.86. The van der Waals surface area contributed by atoms with Crippen molar-refractivity contribution in [3.63, 3.8) is 0 Å². The molecule has 0 saturated heterocycles. The maximum absolute atomic E-state index is 11.6. The Morgan fingerprint density at radius 3 is 2.63 bits per heavy atom. The van der Waals surface area contributed by atoms with Gasteiger partial charge in [0.25, 0.3) is 0 Å². The lowest BCUT2D eigenvalue weighted by Crippen LogP contribution is -2.43. The van der Waals surface area contributed by atoms with Crippen molar-refractivity contribution in [2.45, 2.75) is 20.4 Å². The first kappa shape index (κ1) is 13.3. The van der Waals surface area contributed by atoms with Gasteiger partial charge in [-0.15, -0.1) is 0 Å². The van der Waals surface area contributed by atoms with Crippen LogP contribution in [0.2, 0.25) is 0 Å². The molecule has 0 aliphatic rings. The van der Waals surface area contributed by atoms with E-state index >= 15 is 0 Å². The molecule has 2 aromatic rings. The Labute approximate surface area is 112 Å². The molecular formula is C14H18N4O. The normalized spacial score (nSPS) is 11.3. The van der Waals surface area contributed by atoms with E-state index < -0.39 is 5.41 Å². The van der Waals surface area contributed by atoms with Gasteiger partial charge in [0.05, 0.1) is 18.2 Å². The van der Waals surface area contributed by atoms with E-state index in [9.17, 15) is 4.79 Å². The Hall–Kier alpha value is -2.14. The van der Waals surface area contributed by atoms with Gasteiger partial charge in [0, 0.05) is 11.8 Å². The summed E-state index contributed by atoms with van der Waals surface area (Å²) in [5.74, 6) is 4.97. The lowest BCUT2D eigenvalue weighted by molar-refractivity contribution is -0.130. The van der Waals surface area contributed by atoms with Crippen LogP contribution >= 0.6 is 0 Å². The highest BCUT2D eigenvalue weighted by molar-refractivity contribution is 5.81. The van der Waals surface area contributed by atoms with Gasteiger partial charge in [0.15, 0.2) is 0 Å². The first-order valence-corrected chi connectivity index (χ1v) is 6.12. The molecule has 0 bridgehead atoms. The number of rotatable bonds is 4. The summed E-state index contributed by atoms with van der Waals surface area (Å²) in [5.41, 5.74) is 3.72. The smallest absolute Gasteiger partial charge is 0.241 e. The number of amides is 1. The molecule has 1 aromatic carbocycles. The number of hydrazine groups is 1. The number of hydrogen-bond donors (Lipinski definition) is 2. The average molecular weight is 258 g/mol. The molecular weight excluding hydrogens is 240 g/mol. The number of carbonyl (C=O) groups is 1. The number of nitrogens with zero attached hydrogens (tertiary/aromatic N) is 2. The van der Waals surface area contributed by atoms with Crippen molar-refractivity contribution in [1.29, 1.82) is 0 Å². The van der Waals surface area contributed by atoms with E-state index in [1.807, 2.05) is 50.4 Å². The maximum Gasteiger partial charge on any atom is 0.241 e. The molecule has 2 rings (SSSR count). The highest BCUT2D eigenvalue weighted by Gasteiger charge is 2.27. The third-order valence-corrected chi connectivity index (χ3v) is 3.04. The van der Waals surface area contributed by atoms with Crippen molar-refractivity contribution in [3.05, 3.63) is 42.7 Å². The van der Waals surface area contributed by atoms with Crippen LogP contribution in [0.15, 0.2) is 42.7 Å². The summed E-state index contributed by atoms with van der Waals surface area (Å²) in [7, 11) is 0. The third-order valence-electron chi connectivity index (χ3n) is 3.04. The number of aromatic nitrogens is 2. The first-order valence-electron chi connectivity index (χ1n) is 6.12. The fourth-order valence-electron chi connectivity index (χ4n) is 1.90. The van der Waals surface area contributed by atoms with Gasteiger partial charge >= 0.3 is 0 Å². The molecule has 19 heavy (non-hydrogen) atoms. The molecule has 5 nitrogen and oxygen atoms in total. The molecule has 3 N–H and O–H groups in total. The minimum Gasteiger partial charge on any atom is -0.294 e. The second-order valence-electron chi connectivity index (χ2n) is 5.15. The molecule has 1 aromatic heterocycles. The van der Waals surface area contributed by atoms with Crippen LogP contribution in [0.4, 0.5) is 0 Å². The van der Waals surface area contributed by atoms with Crippen LogP contribution in [0.3, 0.4) is 0 Å². The summed E-state index contributed by atoms with van der Waals surface area (Å²) in [4.78, 5) is 11.6. The van der Waals surface area contributed by atoms with Gasteiger partial charge in [-0.05, 0) is 19.4 Å². The number of benzene rings is 1. The van der Waals surface area contributed by atoms with Crippen LogP contribution in [-0.2, 0) is 11.3 Å². The van der Waals surface area contributed by atoms with E-state index in [1.54, 1.807) is 10.9 Å². The molecule has 1 amide bonds. The Kier molecular flexibility index (Phi) is 3.66.